The molecule has 0 unspecified atom stereocenters. The maximum atomic E-state index is 4.56. The number of hydrogen-bond donors (Lipinski definition) is 0. The molecule has 2 rings (SSSR count). The van der Waals surface area contributed by atoms with Crippen LogP contribution in [0.2, 0.25) is 0 Å². The SMILES string of the molecule is Cc1nc(CN(C)CC2(CBr)CCCCC2)cs1. The van der Waals surface area contributed by atoms with Crippen molar-refractivity contribution in [1.82, 2.24) is 9.88 Å². The number of hydrogen-bond acceptors (Lipinski definition) is 3. The molecule has 0 aromatic carbocycles. The topological polar surface area (TPSA) is 16.1 Å². The van der Waals surface area contributed by atoms with Gasteiger partial charge in [0.05, 0.1) is 10.7 Å². The summed E-state index contributed by atoms with van der Waals surface area (Å²) in [6.45, 7) is 4.25. The van der Waals surface area contributed by atoms with Crippen LogP contribution in [0.15, 0.2) is 5.38 Å². The van der Waals surface area contributed by atoms with Crippen molar-refractivity contribution < 1.29 is 0 Å². The van der Waals surface area contributed by atoms with E-state index in [-0.39, 0.29) is 0 Å². The minimum Gasteiger partial charge on any atom is -0.300 e. The minimum atomic E-state index is 0.498. The molecule has 102 valence electrons. The molecule has 18 heavy (non-hydrogen) atoms. The van der Waals surface area contributed by atoms with E-state index in [4.69, 9.17) is 0 Å². The van der Waals surface area contributed by atoms with Crippen molar-refractivity contribution in [2.75, 3.05) is 18.9 Å². The standard InChI is InChI=1S/C14H23BrN2S/c1-12-16-13(9-18-12)8-17(2)11-14(10-15)6-4-3-5-7-14/h9H,3-8,10-11H2,1-2H3. The number of thiazole rings is 1. The highest BCUT2D eigenvalue weighted by atomic mass is 79.9. The molecule has 0 bridgehead atoms. The summed E-state index contributed by atoms with van der Waals surface area (Å²) in [4.78, 5) is 7.00. The van der Waals surface area contributed by atoms with Gasteiger partial charge < -0.3 is 0 Å². The summed E-state index contributed by atoms with van der Waals surface area (Å²) in [7, 11) is 2.23. The quantitative estimate of drug-likeness (QED) is 0.751. The van der Waals surface area contributed by atoms with Gasteiger partial charge >= 0.3 is 0 Å². The van der Waals surface area contributed by atoms with Crippen LogP contribution in [0.4, 0.5) is 0 Å². The molecule has 1 fully saturated rings. The highest BCUT2D eigenvalue weighted by Crippen LogP contribution is 2.38. The highest BCUT2D eigenvalue weighted by Gasteiger charge is 2.32. The highest BCUT2D eigenvalue weighted by molar-refractivity contribution is 9.09. The van der Waals surface area contributed by atoms with E-state index in [0.717, 1.165) is 11.9 Å². The molecule has 0 N–H and O–H groups in total. The summed E-state index contributed by atoms with van der Waals surface area (Å²) in [6.07, 6.45) is 6.96. The first-order chi connectivity index (χ1) is 8.63. The lowest BCUT2D eigenvalue weighted by Gasteiger charge is -2.38. The number of aromatic nitrogens is 1. The van der Waals surface area contributed by atoms with Crippen molar-refractivity contribution in [2.45, 2.75) is 45.6 Å². The first-order valence-electron chi connectivity index (χ1n) is 6.79. The van der Waals surface area contributed by atoms with Gasteiger partial charge in [-0.05, 0) is 32.2 Å². The molecule has 1 aromatic rings. The maximum absolute atomic E-state index is 4.56. The summed E-state index contributed by atoms with van der Waals surface area (Å²) >= 11 is 5.50. The van der Waals surface area contributed by atoms with Gasteiger partial charge in [-0.15, -0.1) is 11.3 Å². The van der Waals surface area contributed by atoms with Gasteiger partial charge in [-0.25, -0.2) is 4.98 Å². The van der Waals surface area contributed by atoms with Gasteiger partial charge in [0.1, 0.15) is 0 Å². The van der Waals surface area contributed by atoms with Crippen LogP contribution in [0.1, 0.15) is 42.8 Å². The smallest absolute Gasteiger partial charge is 0.0897 e. The van der Waals surface area contributed by atoms with Gasteiger partial charge in [0.2, 0.25) is 0 Å². The molecule has 0 spiro atoms. The van der Waals surface area contributed by atoms with Crippen LogP contribution in [0.3, 0.4) is 0 Å². The fraction of sp³-hybridized carbons (Fsp3) is 0.786. The molecule has 1 aliphatic rings. The average molecular weight is 331 g/mol. The van der Waals surface area contributed by atoms with E-state index in [1.807, 2.05) is 0 Å². The normalized spacial score (nSPS) is 19.3. The van der Waals surface area contributed by atoms with Gasteiger partial charge in [-0.1, -0.05) is 35.2 Å². The van der Waals surface area contributed by atoms with Crippen LogP contribution in [0.25, 0.3) is 0 Å². The van der Waals surface area contributed by atoms with Crippen LogP contribution in [0.5, 0.6) is 0 Å². The van der Waals surface area contributed by atoms with E-state index in [1.54, 1.807) is 11.3 Å². The molecular weight excluding hydrogens is 308 g/mol. The van der Waals surface area contributed by atoms with Crippen molar-refractivity contribution in [3.05, 3.63) is 16.1 Å². The van der Waals surface area contributed by atoms with Gasteiger partial charge in [0.25, 0.3) is 0 Å². The summed E-state index contributed by atoms with van der Waals surface area (Å²) < 4.78 is 0. The molecular formula is C14H23BrN2S. The number of rotatable bonds is 5. The Hall–Kier alpha value is 0.0700. The Morgan fingerprint density at radius 3 is 2.67 bits per heavy atom. The Morgan fingerprint density at radius 1 is 1.39 bits per heavy atom. The molecule has 0 aliphatic heterocycles. The number of aryl methyl sites for hydroxylation is 1. The third kappa shape index (κ3) is 3.78. The van der Waals surface area contributed by atoms with E-state index in [1.165, 1.54) is 49.4 Å². The Kier molecular flexibility index (Phi) is 5.22. The van der Waals surface area contributed by atoms with Crippen molar-refractivity contribution in [3.8, 4) is 0 Å². The molecule has 0 saturated heterocycles. The third-order valence-corrected chi connectivity index (χ3v) is 5.91. The van der Waals surface area contributed by atoms with E-state index in [0.29, 0.717) is 5.41 Å². The molecule has 1 saturated carbocycles. The lowest BCUT2D eigenvalue weighted by Crippen LogP contribution is -2.38. The first kappa shape index (κ1) is 14.5. The zero-order chi connectivity index (χ0) is 13.0. The second-order valence-electron chi connectivity index (χ2n) is 5.72. The largest absolute Gasteiger partial charge is 0.300 e. The second kappa shape index (κ2) is 6.49. The van der Waals surface area contributed by atoms with E-state index in [9.17, 15) is 0 Å². The number of nitrogens with zero attached hydrogens (tertiary/aromatic N) is 2. The molecule has 4 heteroatoms. The maximum Gasteiger partial charge on any atom is 0.0897 e. The van der Waals surface area contributed by atoms with Gasteiger partial charge in [-0.2, -0.15) is 0 Å². The zero-order valence-corrected chi connectivity index (χ0v) is 13.8. The number of halogens is 1. The van der Waals surface area contributed by atoms with Crippen LogP contribution in [-0.4, -0.2) is 28.8 Å². The monoisotopic (exact) mass is 330 g/mol. The summed E-state index contributed by atoms with van der Waals surface area (Å²) in [5, 5.41) is 4.50. The van der Waals surface area contributed by atoms with Crippen molar-refractivity contribution in [1.29, 1.82) is 0 Å². The first-order valence-corrected chi connectivity index (χ1v) is 8.79. The Morgan fingerprint density at radius 2 is 2.11 bits per heavy atom. The van der Waals surface area contributed by atoms with Gasteiger partial charge in [0.15, 0.2) is 0 Å². The molecule has 1 aromatic heterocycles. The zero-order valence-electron chi connectivity index (χ0n) is 11.4. The predicted octanol–water partition coefficient (Wildman–Crippen LogP) is 4.23. The van der Waals surface area contributed by atoms with Crippen LogP contribution < -0.4 is 0 Å². The van der Waals surface area contributed by atoms with Gasteiger partial charge in [-0.3, -0.25) is 4.90 Å². The van der Waals surface area contributed by atoms with E-state index >= 15 is 0 Å². The molecule has 2 nitrogen and oxygen atoms in total. The Balaban J connectivity index is 1.90. The van der Waals surface area contributed by atoms with Crippen LogP contribution in [-0.2, 0) is 6.54 Å². The fourth-order valence-corrected chi connectivity index (χ4v) is 4.36. The molecule has 1 heterocycles. The molecule has 0 radical (unpaired) electrons. The summed E-state index contributed by atoms with van der Waals surface area (Å²) in [6, 6.07) is 0. The summed E-state index contributed by atoms with van der Waals surface area (Å²) in [5.74, 6) is 0. The van der Waals surface area contributed by atoms with E-state index < -0.39 is 0 Å². The third-order valence-electron chi connectivity index (χ3n) is 3.90. The minimum absolute atomic E-state index is 0.498. The fourth-order valence-electron chi connectivity index (χ4n) is 3.02. The molecule has 0 atom stereocenters. The van der Waals surface area contributed by atoms with Crippen LogP contribution in [0, 0.1) is 12.3 Å². The lowest BCUT2D eigenvalue weighted by molar-refractivity contribution is 0.140. The summed E-state index contributed by atoms with van der Waals surface area (Å²) in [5.41, 5.74) is 1.72. The van der Waals surface area contributed by atoms with E-state index in [2.05, 4.69) is 45.2 Å². The van der Waals surface area contributed by atoms with Crippen molar-refractivity contribution >= 4 is 27.3 Å². The Bertz CT molecular complexity index is 372. The van der Waals surface area contributed by atoms with Gasteiger partial charge in [0, 0.05) is 23.8 Å². The van der Waals surface area contributed by atoms with Crippen LogP contribution >= 0.6 is 27.3 Å². The second-order valence-corrected chi connectivity index (χ2v) is 7.35. The average Bonchev–Trinajstić information content (AvgIpc) is 2.75. The van der Waals surface area contributed by atoms with Crippen molar-refractivity contribution in [2.24, 2.45) is 5.41 Å². The molecule has 1 aliphatic carbocycles. The predicted molar refractivity (Wildman–Crippen MR) is 82.5 cm³/mol. The Labute approximate surface area is 123 Å². The molecule has 0 amide bonds. The lowest BCUT2D eigenvalue weighted by atomic mass is 9.75. The number of alkyl halides is 1. The van der Waals surface area contributed by atoms with Crippen molar-refractivity contribution in [3.63, 3.8) is 0 Å².